The maximum atomic E-state index is 10.6. The maximum absolute atomic E-state index is 10.6. The monoisotopic (exact) mass is 306 g/mol. The molecule has 2 unspecified atom stereocenters. The number of imidazole rings is 1. The van der Waals surface area contributed by atoms with Crippen LogP contribution >= 0.6 is 0 Å². The van der Waals surface area contributed by atoms with E-state index >= 15 is 0 Å². The lowest BCUT2D eigenvalue weighted by atomic mass is 10.2. The number of aromatic nitrogens is 2. The molecule has 0 aliphatic rings. The molecule has 1 heterocycles. The summed E-state index contributed by atoms with van der Waals surface area (Å²) in [5.74, 6) is 0.658. The van der Waals surface area contributed by atoms with Crippen molar-refractivity contribution in [2.75, 3.05) is 0 Å². The van der Waals surface area contributed by atoms with E-state index in [0.29, 0.717) is 5.82 Å². The molecule has 0 saturated heterocycles. The van der Waals surface area contributed by atoms with Crippen LogP contribution in [0.1, 0.15) is 26.6 Å². The van der Waals surface area contributed by atoms with E-state index < -0.39 is 12.1 Å². The fraction of sp³-hybridized carbons (Fsp3) is 0.636. The SMILES string of the molecule is CCn1cc[n+](COC(C)C(C)[N+](=O)[O-])c1/C=N/O.[Cl-]. The van der Waals surface area contributed by atoms with Crippen LogP contribution in [0.2, 0.25) is 0 Å². The van der Waals surface area contributed by atoms with Crippen LogP contribution in [-0.2, 0) is 18.0 Å². The molecule has 0 spiro atoms. The number of rotatable bonds is 7. The molecule has 0 amide bonds. The number of nitrogens with zero attached hydrogens (tertiary/aromatic N) is 4. The summed E-state index contributed by atoms with van der Waals surface area (Å²) >= 11 is 0. The zero-order chi connectivity index (χ0) is 14.4. The average Bonchev–Trinajstić information content (AvgIpc) is 2.77. The number of ether oxygens (including phenoxy) is 1. The Hall–Kier alpha value is -1.67. The Bertz CT molecular complexity index is 463. The molecule has 20 heavy (non-hydrogen) atoms. The van der Waals surface area contributed by atoms with Gasteiger partial charge in [0.15, 0.2) is 12.9 Å². The molecule has 8 nitrogen and oxygen atoms in total. The van der Waals surface area contributed by atoms with E-state index in [4.69, 9.17) is 9.94 Å². The van der Waals surface area contributed by atoms with Crippen molar-refractivity contribution in [1.29, 1.82) is 0 Å². The first kappa shape index (κ1) is 18.3. The molecule has 0 aliphatic heterocycles. The highest BCUT2D eigenvalue weighted by atomic mass is 35.5. The Kier molecular flexibility index (Phi) is 7.78. The molecule has 9 heteroatoms. The highest BCUT2D eigenvalue weighted by Crippen LogP contribution is 2.02. The summed E-state index contributed by atoms with van der Waals surface area (Å²) in [5, 5.41) is 22.3. The second kappa shape index (κ2) is 8.49. The van der Waals surface area contributed by atoms with E-state index in [-0.39, 0.29) is 24.1 Å². The summed E-state index contributed by atoms with van der Waals surface area (Å²) in [6.45, 7) is 5.99. The molecule has 0 radical (unpaired) electrons. The molecular formula is C11H19ClN4O4. The van der Waals surface area contributed by atoms with Gasteiger partial charge in [-0.05, 0) is 13.8 Å². The quantitative estimate of drug-likeness (QED) is 0.200. The Morgan fingerprint density at radius 2 is 2.30 bits per heavy atom. The van der Waals surface area contributed by atoms with E-state index in [9.17, 15) is 10.1 Å². The van der Waals surface area contributed by atoms with Crippen LogP contribution in [0.5, 0.6) is 0 Å². The van der Waals surface area contributed by atoms with Gasteiger partial charge in [0.25, 0.3) is 0 Å². The molecule has 1 N–H and O–H groups in total. The highest BCUT2D eigenvalue weighted by molar-refractivity contribution is 5.72. The minimum Gasteiger partial charge on any atom is -1.00 e. The molecule has 0 fully saturated rings. The second-order valence-corrected chi connectivity index (χ2v) is 4.18. The van der Waals surface area contributed by atoms with Gasteiger partial charge in [0.2, 0.25) is 6.04 Å². The highest BCUT2D eigenvalue weighted by Gasteiger charge is 2.24. The number of halogens is 1. The zero-order valence-electron chi connectivity index (χ0n) is 11.6. The molecular weight excluding hydrogens is 288 g/mol. The van der Waals surface area contributed by atoms with Crippen molar-refractivity contribution in [3.05, 3.63) is 28.3 Å². The Balaban J connectivity index is 0.00000361. The van der Waals surface area contributed by atoms with Crippen molar-refractivity contribution < 1.29 is 31.8 Å². The molecule has 0 aromatic carbocycles. The minimum absolute atomic E-state index is 0. The van der Waals surface area contributed by atoms with Gasteiger partial charge < -0.3 is 22.4 Å². The Labute approximate surface area is 123 Å². The van der Waals surface area contributed by atoms with Gasteiger partial charge >= 0.3 is 5.82 Å². The second-order valence-electron chi connectivity index (χ2n) is 4.18. The smallest absolute Gasteiger partial charge is 0.305 e. The van der Waals surface area contributed by atoms with Gasteiger partial charge in [-0.15, -0.1) is 0 Å². The van der Waals surface area contributed by atoms with Crippen LogP contribution < -0.4 is 17.0 Å². The molecule has 1 aromatic rings. The molecule has 1 aromatic heterocycles. The van der Waals surface area contributed by atoms with Crippen LogP contribution in [0.4, 0.5) is 0 Å². The summed E-state index contributed by atoms with van der Waals surface area (Å²) < 4.78 is 9.04. The standard InChI is InChI=1S/C11H18N4O4.ClH/c1-4-13-5-6-14(11(13)7-12-16)8-19-10(3)9(2)15(17)18;/h5-7,9-10H,4,8H2,1-3H3;1H. The van der Waals surface area contributed by atoms with Crippen LogP contribution in [-0.4, -0.2) is 33.1 Å². The molecule has 0 bridgehead atoms. The number of hydrogen-bond donors (Lipinski definition) is 1. The average molecular weight is 307 g/mol. The Morgan fingerprint density at radius 1 is 1.65 bits per heavy atom. The van der Waals surface area contributed by atoms with Crippen molar-refractivity contribution in [1.82, 2.24) is 4.57 Å². The molecule has 1 rings (SSSR count). The fourth-order valence-electron chi connectivity index (χ4n) is 1.56. The summed E-state index contributed by atoms with van der Waals surface area (Å²) in [6, 6.07) is -0.774. The van der Waals surface area contributed by atoms with Crippen molar-refractivity contribution in [2.24, 2.45) is 5.16 Å². The zero-order valence-corrected chi connectivity index (χ0v) is 12.4. The largest absolute Gasteiger partial charge is 1.00 e. The predicted octanol–water partition coefficient (Wildman–Crippen LogP) is -2.36. The van der Waals surface area contributed by atoms with Gasteiger partial charge in [-0.25, -0.2) is 9.13 Å². The fourth-order valence-corrected chi connectivity index (χ4v) is 1.56. The van der Waals surface area contributed by atoms with Crippen molar-refractivity contribution in [2.45, 2.75) is 46.2 Å². The first-order chi connectivity index (χ1) is 9.01. The van der Waals surface area contributed by atoms with Crippen molar-refractivity contribution >= 4 is 6.21 Å². The van der Waals surface area contributed by atoms with Crippen LogP contribution in [0.15, 0.2) is 17.5 Å². The summed E-state index contributed by atoms with van der Waals surface area (Å²) in [7, 11) is 0. The lowest BCUT2D eigenvalue weighted by Crippen LogP contribution is -3.00. The van der Waals surface area contributed by atoms with E-state index in [1.54, 1.807) is 17.7 Å². The van der Waals surface area contributed by atoms with Crippen LogP contribution in [0.3, 0.4) is 0 Å². The van der Waals surface area contributed by atoms with E-state index in [1.807, 2.05) is 17.7 Å². The van der Waals surface area contributed by atoms with Gasteiger partial charge in [-0.1, -0.05) is 5.16 Å². The molecule has 2 atom stereocenters. The van der Waals surface area contributed by atoms with Gasteiger partial charge in [0.05, 0.1) is 6.54 Å². The normalized spacial score (nSPS) is 13.9. The molecule has 0 saturated carbocycles. The summed E-state index contributed by atoms with van der Waals surface area (Å²) in [4.78, 5) is 10.3. The number of hydrogen-bond acceptors (Lipinski definition) is 5. The predicted molar refractivity (Wildman–Crippen MR) is 66.7 cm³/mol. The van der Waals surface area contributed by atoms with E-state index in [1.165, 1.54) is 13.1 Å². The molecule has 114 valence electrons. The summed E-state index contributed by atoms with van der Waals surface area (Å²) in [6.07, 6.45) is 4.38. The lowest BCUT2D eigenvalue weighted by molar-refractivity contribution is -0.737. The van der Waals surface area contributed by atoms with Crippen molar-refractivity contribution in [3.63, 3.8) is 0 Å². The third-order valence-electron chi connectivity index (χ3n) is 3.02. The molecule has 0 aliphatic carbocycles. The van der Waals surface area contributed by atoms with E-state index in [0.717, 1.165) is 6.54 Å². The van der Waals surface area contributed by atoms with E-state index in [2.05, 4.69) is 5.16 Å². The minimum atomic E-state index is -0.774. The van der Waals surface area contributed by atoms with Gasteiger partial charge in [0, 0.05) is 11.8 Å². The van der Waals surface area contributed by atoms with Crippen LogP contribution in [0.25, 0.3) is 0 Å². The lowest BCUT2D eigenvalue weighted by Gasteiger charge is -2.12. The third-order valence-corrected chi connectivity index (χ3v) is 3.02. The third kappa shape index (κ3) is 4.46. The van der Waals surface area contributed by atoms with Crippen LogP contribution in [0, 0.1) is 10.1 Å². The maximum Gasteiger partial charge on any atom is 0.305 e. The number of aryl methyl sites for hydroxylation is 1. The Morgan fingerprint density at radius 3 is 2.80 bits per heavy atom. The number of nitro groups is 1. The van der Waals surface area contributed by atoms with Gasteiger partial charge in [0.1, 0.15) is 18.5 Å². The van der Waals surface area contributed by atoms with Crippen molar-refractivity contribution in [3.8, 4) is 0 Å². The van der Waals surface area contributed by atoms with Gasteiger partial charge in [-0.2, -0.15) is 0 Å². The number of oxime groups is 1. The topological polar surface area (TPSA) is 93.8 Å². The summed E-state index contributed by atoms with van der Waals surface area (Å²) in [5.41, 5.74) is 0. The first-order valence-electron chi connectivity index (χ1n) is 6.02. The van der Waals surface area contributed by atoms with Gasteiger partial charge in [-0.3, -0.25) is 10.1 Å². The first-order valence-corrected chi connectivity index (χ1v) is 6.02.